The fraction of sp³-hybridized carbons (Fsp3) is 0. The summed E-state index contributed by atoms with van der Waals surface area (Å²) in [5.41, 5.74) is 0.833. The normalized spacial score (nSPS) is 10.6. The number of amides is 1. The van der Waals surface area contributed by atoms with E-state index in [0.29, 0.717) is 21.4 Å². The van der Waals surface area contributed by atoms with Crippen molar-refractivity contribution in [3.8, 4) is 9.88 Å². The summed E-state index contributed by atoms with van der Waals surface area (Å²) in [7, 11) is 0. The molecule has 1 N–H and O–H groups in total. The maximum atomic E-state index is 12.2. The molecule has 0 fully saturated rings. The zero-order valence-corrected chi connectivity index (χ0v) is 13.6. The Morgan fingerprint density at radius 1 is 1.14 bits per heavy atom. The van der Waals surface area contributed by atoms with Crippen LogP contribution >= 0.6 is 45.9 Å². The lowest BCUT2D eigenvalue weighted by atomic mass is 10.3. The molecule has 2 aromatic heterocycles. The Balaban J connectivity index is 1.81. The lowest BCUT2D eigenvalue weighted by Crippen LogP contribution is -2.12. The van der Waals surface area contributed by atoms with Crippen LogP contribution in [0.2, 0.25) is 10.0 Å². The van der Waals surface area contributed by atoms with Gasteiger partial charge in [-0.3, -0.25) is 4.79 Å². The van der Waals surface area contributed by atoms with E-state index in [0.717, 1.165) is 9.88 Å². The number of benzene rings is 1. The van der Waals surface area contributed by atoms with Gasteiger partial charge in [-0.1, -0.05) is 35.3 Å². The second kappa shape index (κ2) is 6.15. The Morgan fingerprint density at radius 2 is 2.00 bits per heavy atom. The second-order valence-corrected chi connectivity index (χ2v) is 6.66. The first kappa shape index (κ1) is 14.5. The number of nitrogens with zero attached hydrogens (tertiary/aromatic N) is 1. The molecule has 0 radical (unpaired) electrons. The molecule has 3 rings (SSSR count). The number of rotatable bonds is 3. The van der Waals surface area contributed by atoms with Gasteiger partial charge in [-0.25, -0.2) is 4.98 Å². The first-order valence-corrected chi connectivity index (χ1v) is 8.41. The minimum absolute atomic E-state index is 0.307. The van der Waals surface area contributed by atoms with E-state index in [1.165, 1.54) is 11.3 Å². The molecule has 1 aromatic carbocycles. The molecule has 3 aromatic rings. The summed E-state index contributed by atoms with van der Waals surface area (Å²) in [6.07, 6.45) is 0. The molecule has 7 heteroatoms. The molecule has 1 amide bonds. The van der Waals surface area contributed by atoms with E-state index in [1.807, 2.05) is 17.5 Å². The van der Waals surface area contributed by atoms with Gasteiger partial charge in [-0.2, -0.15) is 0 Å². The Bertz CT molecular complexity index is 784. The van der Waals surface area contributed by atoms with Gasteiger partial charge in [-0.05, 0) is 23.6 Å². The van der Waals surface area contributed by atoms with Crippen molar-refractivity contribution in [2.45, 2.75) is 0 Å². The Morgan fingerprint density at radius 3 is 2.76 bits per heavy atom. The van der Waals surface area contributed by atoms with Gasteiger partial charge in [-0.15, -0.1) is 22.7 Å². The topological polar surface area (TPSA) is 42.0 Å². The number of halogens is 2. The van der Waals surface area contributed by atoms with Crippen molar-refractivity contribution in [2.75, 3.05) is 5.32 Å². The van der Waals surface area contributed by atoms with Crippen LogP contribution in [0.1, 0.15) is 10.5 Å². The molecule has 2 heterocycles. The summed E-state index contributed by atoms with van der Waals surface area (Å²) in [6.45, 7) is 0. The third-order valence-corrected chi connectivity index (χ3v) is 5.37. The molecule has 0 atom stereocenters. The van der Waals surface area contributed by atoms with Gasteiger partial charge in [0, 0.05) is 5.38 Å². The molecule has 21 heavy (non-hydrogen) atoms. The highest BCUT2D eigenvalue weighted by Gasteiger charge is 2.14. The van der Waals surface area contributed by atoms with Gasteiger partial charge in [0.15, 0.2) is 0 Å². The molecular formula is C14H8Cl2N2OS2. The molecule has 0 bridgehead atoms. The summed E-state index contributed by atoms with van der Waals surface area (Å²) in [4.78, 5) is 17.6. The zero-order valence-electron chi connectivity index (χ0n) is 10.5. The number of hydrogen-bond donors (Lipinski definition) is 1. The van der Waals surface area contributed by atoms with Crippen LogP contribution in [0.3, 0.4) is 0 Å². The predicted molar refractivity (Wildman–Crippen MR) is 89.8 cm³/mol. The third kappa shape index (κ3) is 3.11. The van der Waals surface area contributed by atoms with E-state index in [1.54, 1.807) is 34.9 Å². The standard InChI is InChI=1S/C14H8Cl2N2OS2/c15-8-3-1-4-9(12(8)16)17-13(19)10-7-21-14(18-10)11-5-2-6-20-11/h1-7H,(H,17,19). The van der Waals surface area contributed by atoms with Crippen molar-refractivity contribution in [1.29, 1.82) is 0 Å². The minimum atomic E-state index is -0.307. The molecule has 106 valence electrons. The molecule has 0 aliphatic carbocycles. The quantitative estimate of drug-likeness (QED) is 0.681. The molecule has 0 saturated carbocycles. The smallest absolute Gasteiger partial charge is 0.275 e. The second-order valence-electron chi connectivity index (χ2n) is 4.07. The number of carbonyl (C=O) groups is 1. The van der Waals surface area contributed by atoms with E-state index in [-0.39, 0.29) is 5.91 Å². The summed E-state index contributed by atoms with van der Waals surface area (Å²) < 4.78 is 0. The van der Waals surface area contributed by atoms with Crippen molar-refractivity contribution in [1.82, 2.24) is 4.98 Å². The number of nitrogens with one attached hydrogen (secondary N) is 1. The van der Waals surface area contributed by atoms with Crippen LogP contribution in [0, 0.1) is 0 Å². The summed E-state index contributed by atoms with van der Waals surface area (Å²) in [5, 5.41) is 7.96. The summed E-state index contributed by atoms with van der Waals surface area (Å²) in [5.74, 6) is -0.307. The number of carbonyl (C=O) groups excluding carboxylic acids is 1. The molecule has 0 aliphatic rings. The first-order valence-electron chi connectivity index (χ1n) is 5.90. The van der Waals surface area contributed by atoms with Gasteiger partial charge < -0.3 is 5.32 Å². The van der Waals surface area contributed by atoms with Crippen molar-refractivity contribution in [3.63, 3.8) is 0 Å². The molecule has 0 spiro atoms. The third-order valence-electron chi connectivity index (χ3n) is 2.67. The Kier molecular flexibility index (Phi) is 4.26. The molecule has 0 unspecified atom stereocenters. The number of thiazole rings is 1. The van der Waals surface area contributed by atoms with Crippen LogP contribution < -0.4 is 5.32 Å². The lowest BCUT2D eigenvalue weighted by Gasteiger charge is -2.06. The molecular weight excluding hydrogens is 347 g/mol. The van der Waals surface area contributed by atoms with E-state index in [2.05, 4.69) is 10.3 Å². The van der Waals surface area contributed by atoms with Crippen LogP contribution in [-0.2, 0) is 0 Å². The van der Waals surface area contributed by atoms with Crippen LogP contribution in [0.25, 0.3) is 9.88 Å². The molecule has 0 saturated heterocycles. The largest absolute Gasteiger partial charge is 0.319 e. The highest BCUT2D eigenvalue weighted by Crippen LogP contribution is 2.31. The van der Waals surface area contributed by atoms with Crippen LogP contribution in [0.15, 0.2) is 41.1 Å². The van der Waals surface area contributed by atoms with Gasteiger partial charge in [0.1, 0.15) is 10.7 Å². The first-order chi connectivity index (χ1) is 10.1. The van der Waals surface area contributed by atoms with E-state index < -0.39 is 0 Å². The fourth-order valence-corrected chi connectivity index (χ4v) is 3.64. The maximum absolute atomic E-state index is 12.2. The van der Waals surface area contributed by atoms with Crippen molar-refractivity contribution in [2.24, 2.45) is 0 Å². The SMILES string of the molecule is O=C(Nc1cccc(Cl)c1Cl)c1csc(-c2cccs2)n1. The van der Waals surface area contributed by atoms with Gasteiger partial charge >= 0.3 is 0 Å². The van der Waals surface area contributed by atoms with E-state index in [9.17, 15) is 4.79 Å². The monoisotopic (exact) mass is 354 g/mol. The fourth-order valence-electron chi connectivity index (χ4n) is 1.68. The van der Waals surface area contributed by atoms with E-state index >= 15 is 0 Å². The van der Waals surface area contributed by atoms with Crippen molar-refractivity contribution < 1.29 is 4.79 Å². The number of hydrogen-bond acceptors (Lipinski definition) is 4. The highest BCUT2D eigenvalue weighted by molar-refractivity contribution is 7.20. The van der Waals surface area contributed by atoms with Gasteiger partial charge in [0.25, 0.3) is 5.91 Å². The molecule has 0 aliphatic heterocycles. The van der Waals surface area contributed by atoms with Crippen molar-refractivity contribution in [3.05, 3.63) is 56.8 Å². The number of aromatic nitrogens is 1. The summed E-state index contributed by atoms with van der Waals surface area (Å²) >= 11 is 15.0. The molecule has 3 nitrogen and oxygen atoms in total. The average molecular weight is 355 g/mol. The summed E-state index contributed by atoms with van der Waals surface area (Å²) in [6, 6.07) is 9.00. The van der Waals surface area contributed by atoms with E-state index in [4.69, 9.17) is 23.2 Å². The Hall–Kier alpha value is -1.40. The Labute approximate surface area is 139 Å². The highest BCUT2D eigenvalue weighted by atomic mass is 35.5. The van der Waals surface area contributed by atoms with Crippen LogP contribution in [0.4, 0.5) is 5.69 Å². The number of thiophene rings is 1. The minimum Gasteiger partial charge on any atom is -0.319 e. The van der Waals surface area contributed by atoms with Gasteiger partial charge in [0.05, 0.1) is 20.6 Å². The lowest BCUT2D eigenvalue weighted by molar-refractivity contribution is 0.102. The number of anilines is 1. The average Bonchev–Trinajstić information content (AvgIpc) is 3.13. The predicted octanol–water partition coefficient (Wildman–Crippen LogP) is 5.43. The van der Waals surface area contributed by atoms with Crippen molar-refractivity contribution >= 4 is 57.5 Å². The van der Waals surface area contributed by atoms with Crippen LogP contribution in [-0.4, -0.2) is 10.9 Å². The van der Waals surface area contributed by atoms with Crippen LogP contribution in [0.5, 0.6) is 0 Å². The zero-order chi connectivity index (χ0) is 14.8. The maximum Gasteiger partial charge on any atom is 0.275 e. The van der Waals surface area contributed by atoms with Gasteiger partial charge in [0.2, 0.25) is 0 Å².